The summed E-state index contributed by atoms with van der Waals surface area (Å²) in [5, 5.41) is 13.4. The fraction of sp³-hybridized carbons (Fsp3) is 0.636. The summed E-state index contributed by atoms with van der Waals surface area (Å²) in [7, 11) is 0. The maximum atomic E-state index is 11.6. The van der Waals surface area contributed by atoms with E-state index in [4.69, 9.17) is 0 Å². The van der Waals surface area contributed by atoms with Gasteiger partial charge in [0.15, 0.2) is 5.16 Å². The van der Waals surface area contributed by atoms with Crippen LogP contribution in [0.3, 0.4) is 0 Å². The topological polar surface area (TPSA) is 88.9 Å². The van der Waals surface area contributed by atoms with E-state index in [0.717, 1.165) is 18.0 Å². The van der Waals surface area contributed by atoms with Crippen LogP contribution in [-0.4, -0.2) is 38.5 Å². The minimum absolute atomic E-state index is 0.00146. The van der Waals surface area contributed by atoms with E-state index in [2.05, 4.69) is 20.8 Å². The Morgan fingerprint density at radius 3 is 2.89 bits per heavy atom. The molecule has 1 fully saturated rings. The summed E-state index contributed by atoms with van der Waals surface area (Å²) in [5.74, 6) is -0.190. The van der Waals surface area contributed by atoms with Gasteiger partial charge in [-0.2, -0.15) is 0 Å². The second kappa shape index (κ2) is 6.05. The lowest BCUT2D eigenvalue weighted by Gasteiger charge is -2.09. The van der Waals surface area contributed by atoms with Crippen LogP contribution in [0.1, 0.15) is 32.7 Å². The van der Waals surface area contributed by atoms with Gasteiger partial charge in [-0.15, -0.1) is 10.2 Å². The number of nitrogens with one attached hydrogen (secondary N) is 2. The lowest BCUT2D eigenvalue weighted by Crippen LogP contribution is -2.43. The number of hydrogen-bond acceptors (Lipinski definition) is 5. The summed E-state index contributed by atoms with van der Waals surface area (Å²) in [6.45, 7) is 3.66. The highest BCUT2D eigenvalue weighted by molar-refractivity contribution is 7.99. The van der Waals surface area contributed by atoms with Crippen molar-refractivity contribution in [3.8, 4) is 0 Å². The Morgan fingerprint density at radius 1 is 1.53 bits per heavy atom. The monoisotopic (exact) mass is 283 g/mol. The maximum absolute atomic E-state index is 11.6. The van der Waals surface area contributed by atoms with Crippen LogP contribution in [0.25, 0.3) is 0 Å². The van der Waals surface area contributed by atoms with Crippen molar-refractivity contribution in [1.82, 2.24) is 25.4 Å². The summed E-state index contributed by atoms with van der Waals surface area (Å²) in [6.07, 6.45) is 3.95. The van der Waals surface area contributed by atoms with E-state index in [1.165, 1.54) is 11.8 Å². The summed E-state index contributed by atoms with van der Waals surface area (Å²) < 4.78 is 1.98. The SMILES string of the molecule is CC(C)NC(=O)NC(=O)CSc1nncn1C1CC1. The second-order valence-corrected chi connectivity index (χ2v) is 5.66. The normalized spacial score (nSPS) is 14.5. The Kier molecular flexibility index (Phi) is 4.41. The lowest BCUT2D eigenvalue weighted by molar-refractivity contribution is -0.117. The summed E-state index contributed by atoms with van der Waals surface area (Å²) in [4.78, 5) is 22.9. The van der Waals surface area contributed by atoms with Crippen LogP contribution in [0, 0.1) is 0 Å². The fourth-order valence-electron chi connectivity index (χ4n) is 1.53. The third kappa shape index (κ3) is 4.23. The molecular formula is C11H17N5O2S. The van der Waals surface area contributed by atoms with E-state index in [1.807, 2.05) is 18.4 Å². The number of urea groups is 1. The van der Waals surface area contributed by atoms with Crippen molar-refractivity contribution in [3.05, 3.63) is 6.33 Å². The third-order valence-electron chi connectivity index (χ3n) is 2.49. The number of rotatable bonds is 5. The van der Waals surface area contributed by atoms with Gasteiger partial charge in [0.1, 0.15) is 6.33 Å². The van der Waals surface area contributed by atoms with Crippen LogP contribution in [0.15, 0.2) is 11.5 Å². The molecule has 1 aromatic rings. The largest absolute Gasteiger partial charge is 0.336 e. The quantitative estimate of drug-likeness (QED) is 0.785. The molecule has 1 saturated carbocycles. The molecule has 1 aliphatic rings. The molecule has 2 rings (SSSR count). The van der Waals surface area contributed by atoms with Crippen LogP contribution in [0.4, 0.5) is 4.79 Å². The average molecular weight is 283 g/mol. The van der Waals surface area contributed by atoms with Gasteiger partial charge in [0.2, 0.25) is 5.91 Å². The van der Waals surface area contributed by atoms with Gasteiger partial charge in [-0.25, -0.2) is 4.79 Å². The van der Waals surface area contributed by atoms with E-state index in [-0.39, 0.29) is 17.7 Å². The van der Waals surface area contributed by atoms with Crippen LogP contribution in [-0.2, 0) is 4.79 Å². The molecule has 0 bridgehead atoms. The molecule has 0 atom stereocenters. The number of imide groups is 1. The van der Waals surface area contributed by atoms with Crippen molar-refractivity contribution in [1.29, 1.82) is 0 Å². The Hall–Kier alpha value is -1.57. The van der Waals surface area contributed by atoms with Gasteiger partial charge in [0.05, 0.1) is 5.75 Å². The average Bonchev–Trinajstić information content (AvgIpc) is 3.04. The highest BCUT2D eigenvalue weighted by Gasteiger charge is 2.26. The molecule has 0 spiro atoms. The van der Waals surface area contributed by atoms with Crippen molar-refractivity contribution >= 4 is 23.7 Å². The third-order valence-corrected chi connectivity index (χ3v) is 3.44. The molecule has 7 nitrogen and oxygen atoms in total. The molecule has 1 aromatic heterocycles. The maximum Gasteiger partial charge on any atom is 0.321 e. The molecule has 1 aliphatic carbocycles. The first-order valence-corrected chi connectivity index (χ1v) is 7.17. The predicted octanol–water partition coefficient (Wildman–Crippen LogP) is 0.939. The van der Waals surface area contributed by atoms with E-state index in [1.54, 1.807) is 6.33 Å². The Labute approximate surface area is 115 Å². The van der Waals surface area contributed by atoms with Gasteiger partial charge >= 0.3 is 6.03 Å². The zero-order chi connectivity index (χ0) is 13.8. The van der Waals surface area contributed by atoms with Gasteiger partial charge < -0.3 is 9.88 Å². The van der Waals surface area contributed by atoms with Crippen LogP contribution >= 0.6 is 11.8 Å². The number of carbonyl (C=O) groups excluding carboxylic acids is 2. The number of thioether (sulfide) groups is 1. The minimum atomic E-state index is -0.468. The molecule has 0 radical (unpaired) electrons. The number of hydrogen-bond donors (Lipinski definition) is 2. The number of carbonyl (C=O) groups is 2. The van der Waals surface area contributed by atoms with Crippen LogP contribution in [0.5, 0.6) is 0 Å². The van der Waals surface area contributed by atoms with E-state index in [9.17, 15) is 9.59 Å². The first-order valence-electron chi connectivity index (χ1n) is 6.19. The molecule has 0 saturated heterocycles. The predicted molar refractivity (Wildman–Crippen MR) is 70.8 cm³/mol. The Balaban J connectivity index is 1.77. The molecule has 1 heterocycles. The summed E-state index contributed by atoms with van der Waals surface area (Å²) >= 11 is 1.29. The smallest absolute Gasteiger partial charge is 0.321 e. The van der Waals surface area contributed by atoms with Crippen molar-refractivity contribution < 1.29 is 9.59 Å². The van der Waals surface area contributed by atoms with Gasteiger partial charge in [-0.3, -0.25) is 10.1 Å². The van der Waals surface area contributed by atoms with Gasteiger partial charge in [-0.1, -0.05) is 11.8 Å². The molecule has 3 amide bonds. The Bertz CT molecular complexity index is 469. The first-order chi connectivity index (χ1) is 9.06. The molecular weight excluding hydrogens is 266 g/mol. The Morgan fingerprint density at radius 2 is 2.26 bits per heavy atom. The standard InChI is InChI=1S/C11H17N5O2S/c1-7(2)13-10(18)14-9(17)5-19-11-15-12-6-16(11)8-3-4-8/h6-8H,3-5H2,1-2H3,(H2,13,14,17,18). The molecule has 0 aromatic carbocycles. The van der Waals surface area contributed by atoms with Gasteiger partial charge in [-0.05, 0) is 26.7 Å². The van der Waals surface area contributed by atoms with Crippen LogP contribution in [0.2, 0.25) is 0 Å². The summed E-state index contributed by atoms with van der Waals surface area (Å²) in [5.41, 5.74) is 0. The van der Waals surface area contributed by atoms with Gasteiger partial charge in [0.25, 0.3) is 0 Å². The highest BCUT2D eigenvalue weighted by atomic mass is 32.2. The van der Waals surface area contributed by atoms with Crippen molar-refractivity contribution in [2.45, 2.75) is 43.9 Å². The van der Waals surface area contributed by atoms with Crippen molar-refractivity contribution in [2.24, 2.45) is 0 Å². The highest BCUT2D eigenvalue weighted by Crippen LogP contribution is 2.37. The van der Waals surface area contributed by atoms with E-state index in [0.29, 0.717) is 6.04 Å². The summed E-state index contributed by atoms with van der Waals surface area (Å²) in [6, 6.07) is 0.00692. The number of nitrogens with zero attached hydrogens (tertiary/aromatic N) is 3. The second-order valence-electron chi connectivity index (χ2n) is 4.72. The molecule has 2 N–H and O–H groups in total. The van der Waals surface area contributed by atoms with E-state index >= 15 is 0 Å². The zero-order valence-electron chi connectivity index (χ0n) is 10.9. The molecule has 19 heavy (non-hydrogen) atoms. The number of amides is 3. The molecule has 0 aliphatic heterocycles. The van der Waals surface area contributed by atoms with Crippen molar-refractivity contribution in [3.63, 3.8) is 0 Å². The molecule has 0 unspecified atom stereocenters. The van der Waals surface area contributed by atoms with Gasteiger partial charge in [0, 0.05) is 12.1 Å². The lowest BCUT2D eigenvalue weighted by atomic mass is 10.4. The zero-order valence-corrected chi connectivity index (χ0v) is 11.7. The van der Waals surface area contributed by atoms with Crippen LogP contribution < -0.4 is 10.6 Å². The minimum Gasteiger partial charge on any atom is -0.336 e. The number of aromatic nitrogens is 3. The molecule has 104 valence electrons. The van der Waals surface area contributed by atoms with E-state index < -0.39 is 6.03 Å². The fourth-order valence-corrected chi connectivity index (χ4v) is 2.31. The van der Waals surface area contributed by atoms with Crippen molar-refractivity contribution in [2.75, 3.05) is 5.75 Å². The molecule has 8 heteroatoms. The first kappa shape index (κ1) is 13.9.